The minimum Gasteiger partial charge on any atom is -0.383 e. The molecule has 0 amide bonds. The van der Waals surface area contributed by atoms with Crippen LogP contribution in [0.25, 0.3) is 0 Å². The lowest BCUT2D eigenvalue weighted by molar-refractivity contribution is 0.626. The SMILES string of the molecule is N#Cc1cc(F)cc(CSc2nc(N)cc(N)n2)c1. The van der Waals surface area contributed by atoms with E-state index in [-0.39, 0.29) is 17.2 Å². The molecule has 0 atom stereocenters. The lowest BCUT2D eigenvalue weighted by atomic mass is 10.1. The average Bonchev–Trinajstić information content (AvgIpc) is 2.34. The smallest absolute Gasteiger partial charge is 0.191 e. The summed E-state index contributed by atoms with van der Waals surface area (Å²) in [5.74, 6) is 0.552. The highest BCUT2D eigenvalue weighted by atomic mass is 32.2. The lowest BCUT2D eigenvalue weighted by Crippen LogP contribution is -1.99. The summed E-state index contributed by atoms with van der Waals surface area (Å²) < 4.78 is 13.2. The maximum Gasteiger partial charge on any atom is 0.191 e. The van der Waals surface area contributed by atoms with Crippen molar-refractivity contribution in [3.05, 3.63) is 41.2 Å². The summed E-state index contributed by atoms with van der Waals surface area (Å²) in [6.45, 7) is 0. The number of nitrogens with two attached hydrogens (primary N) is 2. The van der Waals surface area contributed by atoms with E-state index in [0.29, 0.717) is 16.5 Å². The Labute approximate surface area is 113 Å². The van der Waals surface area contributed by atoms with Gasteiger partial charge in [0.1, 0.15) is 17.5 Å². The van der Waals surface area contributed by atoms with Crippen molar-refractivity contribution in [2.24, 2.45) is 0 Å². The second-order valence-electron chi connectivity index (χ2n) is 3.75. The molecule has 0 aliphatic heterocycles. The predicted molar refractivity (Wildman–Crippen MR) is 71.5 cm³/mol. The van der Waals surface area contributed by atoms with Crippen molar-refractivity contribution in [2.45, 2.75) is 10.9 Å². The summed E-state index contributed by atoms with van der Waals surface area (Å²) in [7, 11) is 0. The molecule has 1 heterocycles. The second kappa shape index (κ2) is 5.54. The van der Waals surface area contributed by atoms with Crippen LogP contribution in [0, 0.1) is 17.1 Å². The van der Waals surface area contributed by atoms with Gasteiger partial charge in [-0.25, -0.2) is 14.4 Å². The monoisotopic (exact) mass is 275 g/mol. The first-order chi connectivity index (χ1) is 9.06. The molecule has 0 spiro atoms. The van der Waals surface area contributed by atoms with Crippen LogP contribution in [0.2, 0.25) is 0 Å². The minimum atomic E-state index is -0.442. The zero-order valence-electron chi connectivity index (χ0n) is 9.80. The van der Waals surface area contributed by atoms with E-state index in [1.54, 1.807) is 6.07 Å². The Kier molecular flexibility index (Phi) is 3.82. The highest BCUT2D eigenvalue weighted by molar-refractivity contribution is 7.98. The summed E-state index contributed by atoms with van der Waals surface area (Å²) in [6.07, 6.45) is 0. The fraction of sp³-hybridized carbons (Fsp3) is 0.0833. The summed E-state index contributed by atoms with van der Waals surface area (Å²) in [6, 6.07) is 7.53. The summed E-state index contributed by atoms with van der Waals surface area (Å²) in [5.41, 5.74) is 12.1. The molecular weight excluding hydrogens is 265 g/mol. The third-order valence-electron chi connectivity index (χ3n) is 2.20. The maximum absolute atomic E-state index is 13.2. The van der Waals surface area contributed by atoms with E-state index in [1.165, 1.54) is 30.0 Å². The van der Waals surface area contributed by atoms with Gasteiger partial charge in [0, 0.05) is 11.8 Å². The Hall–Kier alpha value is -2.33. The number of hydrogen-bond acceptors (Lipinski definition) is 6. The van der Waals surface area contributed by atoms with E-state index in [2.05, 4.69) is 9.97 Å². The van der Waals surface area contributed by atoms with Crippen molar-refractivity contribution in [3.63, 3.8) is 0 Å². The third-order valence-corrected chi connectivity index (χ3v) is 3.12. The van der Waals surface area contributed by atoms with Gasteiger partial charge in [0.05, 0.1) is 11.6 Å². The molecular formula is C12H10FN5S. The van der Waals surface area contributed by atoms with Crippen LogP contribution in [-0.2, 0) is 5.75 Å². The lowest BCUT2D eigenvalue weighted by Gasteiger charge is -2.03. The van der Waals surface area contributed by atoms with Crippen molar-refractivity contribution in [2.75, 3.05) is 11.5 Å². The Morgan fingerprint density at radius 3 is 2.47 bits per heavy atom. The Balaban J connectivity index is 2.14. The van der Waals surface area contributed by atoms with E-state index < -0.39 is 5.82 Å². The molecule has 0 unspecified atom stereocenters. The molecule has 2 aromatic rings. The predicted octanol–water partition coefficient (Wildman–Crippen LogP) is 1.94. The van der Waals surface area contributed by atoms with Gasteiger partial charge in [0.25, 0.3) is 0 Å². The molecule has 0 fully saturated rings. The quantitative estimate of drug-likeness (QED) is 0.655. The number of halogens is 1. The van der Waals surface area contributed by atoms with Gasteiger partial charge in [-0.2, -0.15) is 5.26 Å². The number of thioether (sulfide) groups is 1. The minimum absolute atomic E-state index is 0.281. The van der Waals surface area contributed by atoms with Gasteiger partial charge < -0.3 is 11.5 Å². The van der Waals surface area contributed by atoms with Crippen molar-refractivity contribution >= 4 is 23.4 Å². The summed E-state index contributed by atoms with van der Waals surface area (Å²) >= 11 is 1.27. The first-order valence-electron chi connectivity index (χ1n) is 5.29. The molecule has 0 saturated heterocycles. The van der Waals surface area contributed by atoms with Gasteiger partial charge in [-0.05, 0) is 23.8 Å². The molecule has 0 aliphatic rings. The molecule has 96 valence electrons. The number of aromatic nitrogens is 2. The number of anilines is 2. The van der Waals surface area contributed by atoms with Gasteiger partial charge in [0.2, 0.25) is 0 Å². The molecule has 0 radical (unpaired) electrons. The van der Waals surface area contributed by atoms with Crippen LogP contribution in [0.4, 0.5) is 16.0 Å². The topological polar surface area (TPSA) is 102 Å². The first-order valence-corrected chi connectivity index (χ1v) is 6.28. The molecule has 7 heteroatoms. The number of benzene rings is 1. The average molecular weight is 275 g/mol. The highest BCUT2D eigenvalue weighted by Gasteiger charge is 2.05. The molecule has 1 aromatic heterocycles. The number of nitrogens with zero attached hydrogens (tertiary/aromatic N) is 3. The van der Waals surface area contributed by atoms with Crippen LogP contribution >= 0.6 is 11.8 Å². The van der Waals surface area contributed by atoms with Gasteiger partial charge in [-0.1, -0.05) is 11.8 Å². The van der Waals surface area contributed by atoms with Crippen molar-refractivity contribution in [1.82, 2.24) is 9.97 Å². The van der Waals surface area contributed by atoms with E-state index >= 15 is 0 Å². The zero-order valence-corrected chi connectivity index (χ0v) is 10.6. The molecule has 19 heavy (non-hydrogen) atoms. The third kappa shape index (κ3) is 3.56. The summed E-state index contributed by atoms with van der Waals surface area (Å²) in [4.78, 5) is 8.01. The van der Waals surface area contributed by atoms with Gasteiger partial charge in [0.15, 0.2) is 5.16 Å². The molecule has 4 N–H and O–H groups in total. The molecule has 0 aliphatic carbocycles. The Morgan fingerprint density at radius 2 is 1.84 bits per heavy atom. The van der Waals surface area contributed by atoms with Gasteiger partial charge in [-0.3, -0.25) is 0 Å². The molecule has 0 saturated carbocycles. The number of hydrogen-bond donors (Lipinski definition) is 2. The first kappa shape index (κ1) is 13.1. The van der Waals surface area contributed by atoms with E-state index in [1.807, 2.05) is 6.07 Å². The standard InChI is InChI=1S/C12H10FN5S/c13-9-2-7(5-14)1-8(3-9)6-19-12-17-10(15)4-11(16)18-12/h1-4H,6H2,(H4,15,16,17,18). The summed E-state index contributed by atoms with van der Waals surface area (Å²) in [5, 5.41) is 9.18. The van der Waals surface area contributed by atoms with Crippen LogP contribution in [0.3, 0.4) is 0 Å². The number of rotatable bonds is 3. The van der Waals surface area contributed by atoms with E-state index in [9.17, 15) is 4.39 Å². The van der Waals surface area contributed by atoms with Crippen molar-refractivity contribution in [1.29, 1.82) is 5.26 Å². The van der Waals surface area contributed by atoms with Crippen LogP contribution in [0.15, 0.2) is 29.4 Å². The zero-order chi connectivity index (χ0) is 13.8. The Morgan fingerprint density at radius 1 is 1.16 bits per heavy atom. The number of nitriles is 1. The van der Waals surface area contributed by atoms with Crippen LogP contribution < -0.4 is 11.5 Å². The van der Waals surface area contributed by atoms with Gasteiger partial charge >= 0.3 is 0 Å². The van der Waals surface area contributed by atoms with Crippen LogP contribution in [0.1, 0.15) is 11.1 Å². The normalized spacial score (nSPS) is 10.1. The van der Waals surface area contributed by atoms with E-state index in [0.717, 1.165) is 0 Å². The fourth-order valence-electron chi connectivity index (χ4n) is 1.47. The van der Waals surface area contributed by atoms with Crippen LogP contribution in [0.5, 0.6) is 0 Å². The van der Waals surface area contributed by atoms with Crippen molar-refractivity contribution in [3.8, 4) is 6.07 Å². The Bertz CT molecular complexity index is 633. The highest BCUT2D eigenvalue weighted by Crippen LogP contribution is 2.22. The van der Waals surface area contributed by atoms with Crippen LogP contribution in [-0.4, -0.2) is 9.97 Å². The van der Waals surface area contributed by atoms with E-state index in [4.69, 9.17) is 16.7 Å². The molecule has 0 bridgehead atoms. The fourth-order valence-corrected chi connectivity index (χ4v) is 2.28. The number of nitrogen functional groups attached to an aromatic ring is 2. The molecule has 1 aromatic carbocycles. The molecule has 2 rings (SSSR count). The van der Waals surface area contributed by atoms with Crippen molar-refractivity contribution < 1.29 is 4.39 Å². The van der Waals surface area contributed by atoms with Gasteiger partial charge in [-0.15, -0.1) is 0 Å². The second-order valence-corrected chi connectivity index (χ2v) is 4.69. The maximum atomic E-state index is 13.2. The largest absolute Gasteiger partial charge is 0.383 e. The molecule has 5 nitrogen and oxygen atoms in total.